The van der Waals surface area contributed by atoms with E-state index in [1.54, 1.807) is 0 Å². The van der Waals surface area contributed by atoms with E-state index in [0.717, 1.165) is 41.0 Å². The van der Waals surface area contributed by atoms with Crippen LogP contribution in [0.1, 0.15) is 30.2 Å². The van der Waals surface area contributed by atoms with E-state index < -0.39 is 0 Å². The quantitative estimate of drug-likeness (QED) is 0.847. The second-order valence-corrected chi connectivity index (χ2v) is 5.94. The molecule has 2 N–H and O–H groups in total. The fourth-order valence-corrected chi connectivity index (χ4v) is 2.74. The molecule has 1 fully saturated rings. The molecule has 2 unspecified atom stereocenters. The van der Waals surface area contributed by atoms with Crippen molar-refractivity contribution in [2.45, 2.75) is 27.2 Å². The number of aryl methyl sites for hydroxylation is 2. The van der Waals surface area contributed by atoms with Crippen LogP contribution in [0.4, 0.5) is 5.82 Å². The van der Waals surface area contributed by atoms with Crippen molar-refractivity contribution < 1.29 is 0 Å². The molecule has 0 amide bonds. The highest BCUT2D eigenvalue weighted by molar-refractivity contribution is 7.80. The average molecular weight is 263 g/mol. The number of rotatable bonds is 4. The molecular formula is C14H21N3S. The summed E-state index contributed by atoms with van der Waals surface area (Å²) in [6.07, 6.45) is 1.32. The summed E-state index contributed by atoms with van der Waals surface area (Å²) in [7, 11) is 2.08. The van der Waals surface area contributed by atoms with E-state index in [9.17, 15) is 0 Å². The molecule has 1 aliphatic carbocycles. The normalized spacial score (nSPS) is 21.8. The van der Waals surface area contributed by atoms with E-state index in [0.29, 0.717) is 4.99 Å². The zero-order valence-corrected chi connectivity index (χ0v) is 12.3. The molecule has 0 aromatic carbocycles. The first-order valence-corrected chi connectivity index (χ1v) is 6.80. The highest BCUT2D eigenvalue weighted by Crippen LogP contribution is 2.39. The van der Waals surface area contributed by atoms with Crippen LogP contribution >= 0.6 is 12.2 Å². The van der Waals surface area contributed by atoms with Gasteiger partial charge in [-0.3, -0.25) is 0 Å². The predicted molar refractivity (Wildman–Crippen MR) is 80.1 cm³/mol. The van der Waals surface area contributed by atoms with Crippen LogP contribution in [0, 0.1) is 25.7 Å². The molecule has 0 spiro atoms. The lowest BCUT2D eigenvalue weighted by atomic mass is 10.1. The minimum Gasteiger partial charge on any atom is -0.389 e. The monoisotopic (exact) mass is 263 g/mol. The first-order valence-electron chi connectivity index (χ1n) is 6.39. The van der Waals surface area contributed by atoms with Gasteiger partial charge in [0.2, 0.25) is 0 Å². The number of thiocarbonyl (C=S) groups is 1. The number of hydrogen-bond donors (Lipinski definition) is 1. The summed E-state index contributed by atoms with van der Waals surface area (Å²) in [6.45, 7) is 7.38. The van der Waals surface area contributed by atoms with Crippen LogP contribution in [-0.2, 0) is 0 Å². The molecule has 18 heavy (non-hydrogen) atoms. The van der Waals surface area contributed by atoms with E-state index in [2.05, 4.69) is 23.9 Å². The van der Waals surface area contributed by atoms with Crippen LogP contribution in [0.3, 0.4) is 0 Å². The van der Waals surface area contributed by atoms with Crippen molar-refractivity contribution in [2.75, 3.05) is 18.5 Å². The Morgan fingerprint density at radius 2 is 2.17 bits per heavy atom. The molecule has 4 heteroatoms. The van der Waals surface area contributed by atoms with Crippen molar-refractivity contribution in [3.05, 3.63) is 22.9 Å². The molecule has 98 valence electrons. The van der Waals surface area contributed by atoms with Crippen LogP contribution in [0.5, 0.6) is 0 Å². The van der Waals surface area contributed by atoms with Crippen LogP contribution < -0.4 is 10.6 Å². The number of nitrogens with zero attached hydrogens (tertiary/aromatic N) is 2. The van der Waals surface area contributed by atoms with Gasteiger partial charge in [-0.05, 0) is 43.7 Å². The van der Waals surface area contributed by atoms with Crippen LogP contribution in [-0.4, -0.2) is 23.6 Å². The Labute approximate surface area is 114 Å². The Hall–Kier alpha value is -1.16. The Balaban J connectivity index is 2.32. The summed E-state index contributed by atoms with van der Waals surface area (Å²) < 4.78 is 0. The van der Waals surface area contributed by atoms with Gasteiger partial charge in [-0.1, -0.05) is 19.1 Å². The summed E-state index contributed by atoms with van der Waals surface area (Å²) in [6, 6.07) is 2.03. The minimum absolute atomic E-state index is 0.436. The number of anilines is 1. The molecule has 2 rings (SSSR count). The maximum atomic E-state index is 5.84. The second-order valence-electron chi connectivity index (χ2n) is 5.50. The largest absolute Gasteiger partial charge is 0.389 e. The Morgan fingerprint density at radius 1 is 1.56 bits per heavy atom. The Morgan fingerprint density at radius 3 is 2.67 bits per heavy atom. The molecule has 1 aliphatic rings. The lowest BCUT2D eigenvalue weighted by Gasteiger charge is -2.22. The fourth-order valence-electron chi connectivity index (χ4n) is 2.49. The summed E-state index contributed by atoms with van der Waals surface area (Å²) >= 11 is 5.16. The van der Waals surface area contributed by atoms with E-state index >= 15 is 0 Å². The van der Waals surface area contributed by atoms with Crippen molar-refractivity contribution in [3.8, 4) is 0 Å². The van der Waals surface area contributed by atoms with Crippen LogP contribution in [0.2, 0.25) is 0 Å². The van der Waals surface area contributed by atoms with Crippen molar-refractivity contribution in [2.24, 2.45) is 17.6 Å². The van der Waals surface area contributed by atoms with Crippen molar-refractivity contribution in [1.82, 2.24) is 4.98 Å². The lowest BCUT2D eigenvalue weighted by molar-refractivity contribution is 0.718. The molecule has 0 aliphatic heterocycles. The number of aromatic nitrogens is 1. The highest BCUT2D eigenvalue weighted by Gasteiger charge is 2.34. The molecule has 3 nitrogen and oxygen atoms in total. The lowest BCUT2D eigenvalue weighted by Crippen LogP contribution is -2.26. The third kappa shape index (κ3) is 2.64. The van der Waals surface area contributed by atoms with Gasteiger partial charge in [0, 0.05) is 19.3 Å². The molecule has 0 radical (unpaired) electrons. The molecule has 1 aromatic rings. The SMILES string of the molecule is Cc1cc(C)c(C(N)=S)c(N(C)CC2CC2C)n1. The van der Waals surface area contributed by atoms with Gasteiger partial charge in [0.1, 0.15) is 10.8 Å². The highest BCUT2D eigenvalue weighted by atomic mass is 32.1. The van der Waals surface area contributed by atoms with Gasteiger partial charge in [0.25, 0.3) is 0 Å². The Kier molecular flexibility index (Phi) is 3.57. The van der Waals surface area contributed by atoms with Crippen molar-refractivity contribution in [3.63, 3.8) is 0 Å². The zero-order valence-electron chi connectivity index (χ0n) is 11.5. The predicted octanol–water partition coefficient (Wildman–Crippen LogP) is 2.42. The van der Waals surface area contributed by atoms with Crippen LogP contribution in [0.15, 0.2) is 6.07 Å². The second kappa shape index (κ2) is 4.84. The molecule has 1 heterocycles. The van der Waals surface area contributed by atoms with Gasteiger partial charge in [0.05, 0.1) is 5.56 Å². The first kappa shape index (κ1) is 13.3. The first-order chi connectivity index (χ1) is 8.40. The minimum atomic E-state index is 0.436. The Bertz CT molecular complexity index is 484. The smallest absolute Gasteiger partial charge is 0.139 e. The van der Waals surface area contributed by atoms with Gasteiger partial charge < -0.3 is 10.6 Å². The molecular weight excluding hydrogens is 242 g/mol. The third-order valence-electron chi connectivity index (χ3n) is 3.72. The number of hydrogen-bond acceptors (Lipinski definition) is 3. The average Bonchev–Trinajstić information content (AvgIpc) is 2.92. The summed E-state index contributed by atoms with van der Waals surface area (Å²) in [5, 5.41) is 0. The number of nitrogens with two attached hydrogens (primary N) is 1. The standard InChI is InChI=1S/C14H21N3S/c1-8-6-11(8)7-17(4)14-12(13(15)18)9(2)5-10(3)16-14/h5,8,11H,6-7H2,1-4H3,(H2,15,18). The van der Waals surface area contributed by atoms with Gasteiger partial charge in [-0.15, -0.1) is 0 Å². The summed E-state index contributed by atoms with van der Waals surface area (Å²) in [5.74, 6) is 2.56. The van der Waals surface area contributed by atoms with Gasteiger partial charge >= 0.3 is 0 Å². The molecule has 1 saturated carbocycles. The summed E-state index contributed by atoms with van der Waals surface area (Å²) in [4.78, 5) is 7.25. The van der Waals surface area contributed by atoms with Gasteiger partial charge in [-0.2, -0.15) is 0 Å². The molecule has 2 atom stereocenters. The zero-order chi connectivity index (χ0) is 13.4. The van der Waals surface area contributed by atoms with Crippen molar-refractivity contribution >= 4 is 23.0 Å². The van der Waals surface area contributed by atoms with E-state index in [-0.39, 0.29) is 0 Å². The third-order valence-corrected chi connectivity index (χ3v) is 3.92. The van der Waals surface area contributed by atoms with Gasteiger partial charge in [0.15, 0.2) is 0 Å². The molecule has 0 saturated heterocycles. The van der Waals surface area contributed by atoms with E-state index in [1.165, 1.54) is 6.42 Å². The number of pyridine rings is 1. The maximum Gasteiger partial charge on any atom is 0.139 e. The molecule has 1 aromatic heterocycles. The molecule has 0 bridgehead atoms. The van der Waals surface area contributed by atoms with E-state index in [4.69, 9.17) is 18.0 Å². The summed E-state index contributed by atoms with van der Waals surface area (Å²) in [5.41, 5.74) is 8.89. The van der Waals surface area contributed by atoms with Gasteiger partial charge in [-0.25, -0.2) is 4.98 Å². The van der Waals surface area contributed by atoms with Crippen molar-refractivity contribution in [1.29, 1.82) is 0 Å². The maximum absolute atomic E-state index is 5.84. The van der Waals surface area contributed by atoms with Crippen LogP contribution in [0.25, 0.3) is 0 Å². The topological polar surface area (TPSA) is 42.1 Å². The van der Waals surface area contributed by atoms with E-state index in [1.807, 2.05) is 19.9 Å². The fraction of sp³-hybridized carbons (Fsp3) is 0.571.